The molecule has 168 valence electrons. The van der Waals surface area contributed by atoms with Gasteiger partial charge in [-0.2, -0.15) is 0 Å². The molecular formula is C26H25N3O4. The fourth-order valence-electron chi connectivity index (χ4n) is 3.64. The number of carbonyl (C=O) groups excluding carboxylic acids is 3. The van der Waals surface area contributed by atoms with Crippen molar-refractivity contribution in [2.75, 3.05) is 22.1 Å². The number of para-hydroxylation sites is 1. The van der Waals surface area contributed by atoms with E-state index in [9.17, 15) is 14.4 Å². The van der Waals surface area contributed by atoms with E-state index in [2.05, 4.69) is 10.6 Å². The molecule has 0 spiro atoms. The highest BCUT2D eigenvalue weighted by molar-refractivity contribution is 6.06. The zero-order valence-electron chi connectivity index (χ0n) is 18.3. The lowest BCUT2D eigenvalue weighted by Gasteiger charge is -2.33. The zero-order valence-corrected chi connectivity index (χ0v) is 18.3. The lowest BCUT2D eigenvalue weighted by atomic mass is 10.1. The quantitative estimate of drug-likeness (QED) is 0.578. The highest BCUT2D eigenvalue weighted by Gasteiger charge is 2.33. The smallest absolute Gasteiger partial charge is 0.268 e. The molecule has 4 rings (SSSR count). The minimum atomic E-state index is -0.715. The summed E-state index contributed by atoms with van der Waals surface area (Å²) in [5, 5.41) is 5.66. The molecule has 3 amide bonds. The molecular weight excluding hydrogens is 418 g/mol. The van der Waals surface area contributed by atoms with Gasteiger partial charge in [-0.05, 0) is 49.2 Å². The molecule has 0 radical (unpaired) electrons. The van der Waals surface area contributed by atoms with Gasteiger partial charge in [0.05, 0.1) is 5.69 Å². The van der Waals surface area contributed by atoms with E-state index in [0.29, 0.717) is 35.7 Å². The zero-order chi connectivity index (χ0) is 23.2. The number of amides is 3. The van der Waals surface area contributed by atoms with Crippen LogP contribution in [0.4, 0.5) is 17.1 Å². The van der Waals surface area contributed by atoms with Gasteiger partial charge in [-0.25, -0.2) is 0 Å². The van der Waals surface area contributed by atoms with E-state index in [1.54, 1.807) is 37.3 Å². The Bertz CT molecular complexity index is 1150. The first-order valence-electron chi connectivity index (χ1n) is 10.8. The molecule has 3 aromatic rings. The Morgan fingerprint density at radius 3 is 2.27 bits per heavy atom. The van der Waals surface area contributed by atoms with Gasteiger partial charge in [0, 0.05) is 17.8 Å². The second-order valence-electron chi connectivity index (χ2n) is 7.81. The Kier molecular flexibility index (Phi) is 6.69. The van der Waals surface area contributed by atoms with Crippen molar-refractivity contribution in [1.82, 2.24) is 0 Å². The fraction of sp³-hybridized carbons (Fsp3) is 0.192. The molecule has 1 atom stereocenters. The van der Waals surface area contributed by atoms with Crippen molar-refractivity contribution in [2.24, 2.45) is 0 Å². The van der Waals surface area contributed by atoms with Gasteiger partial charge in [0.2, 0.25) is 11.8 Å². The van der Waals surface area contributed by atoms with Crippen molar-refractivity contribution in [2.45, 2.75) is 25.9 Å². The maximum absolute atomic E-state index is 12.8. The predicted molar refractivity (Wildman–Crippen MR) is 127 cm³/mol. The molecule has 1 unspecified atom stereocenters. The Labute approximate surface area is 192 Å². The first kappa shape index (κ1) is 22.1. The summed E-state index contributed by atoms with van der Waals surface area (Å²) in [6.07, 6.45) is 0.243. The summed E-state index contributed by atoms with van der Waals surface area (Å²) in [5.74, 6) is -0.300. The number of anilines is 3. The second kappa shape index (κ2) is 9.99. The number of hydrogen-bond donors (Lipinski definition) is 2. The minimum Gasteiger partial charge on any atom is -0.479 e. The molecule has 0 bridgehead atoms. The van der Waals surface area contributed by atoms with Crippen LogP contribution in [0.2, 0.25) is 0 Å². The van der Waals surface area contributed by atoms with Crippen LogP contribution in [0.15, 0.2) is 78.9 Å². The summed E-state index contributed by atoms with van der Waals surface area (Å²) in [5.41, 5.74) is 2.71. The SMILES string of the molecule is CC1Oc2ccc(NC(=O)CCc3ccccc3)cc2N(CC(=O)Nc2ccccc2)C1=O. The summed E-state index contributed by atoms with van der Waals surface area (Å²) in [6, 6.07) is 23.9. The van der Waals surface area contributed by atoms with Crippen LogP contribution in [-0.4, -0.2) is 30.4 Å². The molecule has 33 heavy (non-hydrogen) atoms. The largest absolute Gasteiger partial charge is 0.479 e. The minimum absolute atomic E-state index is 0.136. The maximum Gasteiger partial charge on any atom is 0.268 e. The lowest BCUT2D eigenvalue weighted by Crippen LogP contribution is -2.47. The molecule has 2 N–H and O–H groups in total. The highest BCUT2D eigenvalue weighted by Crippen LogP contribution is 2.36. The number of benzene rings is 3. The van der Waals surface area contributed by atoms with E-state index in [1.807, 2.05) is 48.5 Å². The van der Waals surface area contributed by atoms with E-state index in [4.69, 9.17) is 4.74 Å². The van der Waals surface area contributed by atoms with E-state index in [-0.39, 0.29) is 24.3 Å². The van der Waals surface area contributed by atoms with Gasteiger partial charge in [-0.1, -0.05) is 48.5 Å². The van der Waals surface area contributed by atoms with Crippen molar-refractivity contribution in [3.8, 4) is 5.75 Å². The molecule has 0 saturated carbocycles. The van der Waals surface area contributed by atoms with Gasteiger partial charge >= 0.3 is 0 Å². The fourth-order valence-corrected chi connectivity index (χ4v) is 3.64. The Balaban J connectivity index is 1.46. The maximum atomic E-state index is 12.8. The number of hydrogen-bond acceptors (Lipinski definition) is 4. The molecule has 7 nitrogen and oxygen atoms in total. The molecule has 0 aliphatic carbocycles. The van der Waals surface area contributed by atoms with Crippen LogP contribution in [0, 0.1) is 0 Å². The summed E-state index contributed by atoms with van der Waals surface area (Å²) in [6.45, 7) is 1.48. The summed E-state index contributed by atoms with van der Waals surface area (Å²) < 4.78 is 5.70. The van der Waals surface area contributed by atoms with Crippen molar-refractivity contribution in [3.63, 3.8) is 0 Å². The van der Waals surface area contributed by atoms with Gasteiger partial charge in [0.1, 0.15) is 12.3 Å². The number of nitrogens with one attached hydrogen (secondary N) is 2. The molecule has 1 heterocycles. The lowest BCUT2D eigenvalue weighted by molar-refractivity contribution is -0.127. The predicted octanol–water partition coefficient (Wildman–Crippen LogP) is 4.01. The normalized spacial score (nSPS) is 14.8. The third-order valence-corrected chi connectivity index (χ3v) is 5.29. The van der Waals surface area contributed by atoms with Crippen LogP contribution in [0.25, 0.3) is 0 Å². The molecule has 0 saturated heterocycles. The molecule has 1 aliphatic rings. The van der Waals surface area contributed by atoms with Gasteiger partial charge in [-0.15, -0.1) is 0 Å². The summed E-state index contributed by atoms with van der Waals surface area (Å²) >= 11 is 0. The van der Waals surface area contributed by atoms with E-state index >= 15 is 0 Å². The third kappa shape index (κ3) is 5.57. The first-order valence-corrected chi connectivity index (χ1v) is 10.8. The van der Waals surface area contributed by atoms with Gasteiger partial charge in [0.25, 0.3) is 5.91 Å². The highest BCUT2D eigenvalue weighted by atomic mass is 16.5. The number of rotatable bonds is 7. The van der Waals surface area contributed by atoms with Crippen LogP contribution in [-0.2, 0) is 20.8 Å². The third-order valence-electron chi connectivity index (χ3n) is 5.29. The number of aryl methyl sites for hydroxylation is 1. The van der Waals surface area contributed by atoms with Crippen molar-refractivity contribution < 1.29 is 19.1 Å². The van der Waals surface area contributed by atoms with Crippen LogP contribution in [0.5, 0.6) is 5.75 Å². The molecule has 0 fully saturated rings. The molecule has 1 aliphatic heterocycles. The van der Waals surface area contributed by atoms with Crippen LogP contribution in [0.1, 0.15) is 18.9 Å². The van der Waals surface area contributed by atoms with E-state index < -0.39 is 6.10 Å². The monoisotopic (exact) mass is 443 g/mol. The summed E-state index contributed by atoms with van der Waals surface area (Å²) in [7, 11) is 0. The molecule has 0 aromatic heterocycles. The van der Waals surface area contributed by atoms with Crippen LogP contribution in [0.3, 0.4) is 0 Å². The number of nitrogens with zero attached hydrogens (tertiary/aromatic N) is 1. The van der Waals surface area contributed by atoms with E-state index in [1.165, 1.54) is 4.90 Å². The molecule has 7 heteroatoms. The van der Waals surface area contributed by atoms with E-state index in [0.717, 1.165) is 5.56 Å². The van der Waals surface area contributed by atoms with Crippen molar-refractivity contribution in [1.29, 1.82) is 0 Å². The number of fused-ring (bicyclic) bond motifs is 1. The van der Waals surface area contributed by atoms with Crippen molar-refractivity contribution in [3.05, 3.63) is 84.4 Å². The summed E-state index contributed by atoms with van der Waals surface area (Å²) in [4.78, 5) is 39.2. The average molecular weight is 444 g/mol. The average Bonchev–Trinajstić information content (AvgIpc) is 2.82. The standard InChI is InChI=1S/C26H25N3O4/c1-18-26(32)29(17-25(31)27-20-10-6-3-7-11-20)22-16-21(13-14-23(22)33-18)28-24(30)15-12-19-8-4-2-5-9-19/h2-11,13-14,16,18H,12,15,17H2,1H3,(H,27,31)(H,28,30). The number of ether oxygens (including phenoxy) is 1. The van der Waals surface area contributed by atoms with Crippen LogP contribution < -0.4 is 20.3 Å². The van der Waals surface area contributed by atoms with Crippen LogP contribution >= 0.6 is 0 Å². The second-order valence-corrected chi connectivity index (χ2v) is 7.81. The first-order chi connectivity index (χ1) is 16.0. The Morgan fingerprint density at radius 2 is 1.55 bits per heavy atom. The topological polar surface area (TPSA) is 87.7 Å². The Hall–Kier alpha value is -4.13. The molecule has 3 aromatic carbocycles. The Morgan fingerprint density at radius 1 is 0.879 bits per heavy atom. The van der Waals surface area contributed by atoms with Gasteiger partial charge < -0.3 is 15.4 Å². The number of carbonyl (C=O) groups is 3. The van der Waals surface area contributed by atoms with Gasteiger partial charge in [-0.3, -0.25) is 19.3 Å². The van der Waals surface area contributed by atoms with Gasteiger partial charge in [0.15, 0.2) is 6.10 Å². The van der Waals surface area contributed by atoms with Crippen molar-refractivity contribution >= 4 is 34.8 Å².